The number of hydrogen-bond donors (Lipinski definition) is 1. The summed E-state index contributed by atoms with van der Waals surface area (Å²) >= 11 is 0. The molecule has 0 bridgehead atoms. The number of nitrogens with one attached hydrogen (secondary N) is 1. The summed E-state index contributed by atoms with van der Waals surface area (Å²) in [6.45, 7) is 3.33. The average molecular weight is 354 g/mol. The molecule has 26 heavy (non-hydrogen) atoms. The maximum Gasteiger partial charge on any atom is 0.242 e. The first-order chi connectivity index (χ1) is 12.6. The van der Waals surface area contributed by atoms with Gasteiger partial charge in [-0.25, -0.2) is 0 Å². The fraction of sp³-hybridized carbons (Fsp3) is 0.381. The molecular weight excluding hydrogens is 328 g/mol. The summed E-state index contributed by atoms with van der Waals surface area (Å²) in [6.07, 6.45) is 2.15. The molecule has 1 aliphatic rings. The molecule has 5 heteroatoms. The molecule has 0 unspecified atom stereocenters. The van der Waals surface area contributed by atoms with Gasteiger partial charge >= 0.3 is 0 Å². The van der Waals surface area contributed by atoms with E-state index in [4.69, 9.17) is 9.47 Å². The van der Waals surface area contributed by atoms with Crippen LogP contribution in [0.2, 0.25) is 0 Å². The summed E-state index contributed by atoms with van der Waals surface area (Å²) in [5, 5.41) is 3.04. The molecule has 0 aromatic heterocycles. The number of fused-ring (bicyclic) bond motifs is 1. The van der Waals surface area contributed by atoms with Gasteiger partial charge in [0.05, 0.1) is 14.2 Å². The third-order valence-electron chi connectivity index (χ3n) is 4.91. The molecule has 1 amide bonds. The lowest BCUT2D eigenvalue weighted by atomic mass is 10.00. The lowest BCUT2D eigenvalue weighted by Gasteiger charge is -2.35. The molecule has 1 aliphatic heterocycles. The van der Waals surface area contributed by atoms with E-state index >= 15 is 0 Å². The summed E-state index contributed by atoms with van der Waals surface area (Å²) in [4.78, 5) is 14.9. The van der Waals surface area contributed by atoms with Crippen LogP contribution in [0.1, 0.15) is 24.5 Å². The van der Waals surface area contributed by atoms with E-state index < -0.39 is 0 Å². The van der Waals surface area contributed by atoms with Crippen LogP contribution in [0.25, 0.3) is 0 Å². The van der Waals surface area contributed by atoms with Gasteiger partial charge in [-0.1, -0.05) is 24.3 Å². The number of carbonyl (C=O) groups excluding carboxylic acids is 1. The molecule has 0 saturated heterocycles. The minimum Gasteiger partial charge on any atom is -0.493 e. The minimum atomic E-state index is -0.211. The van der Waals surface area contributed by atoms with Crippen LogP contribution in [0.5, 0.6) is 11.5 Å². The van der Waals surface area contributed by atoms with Gasteiger partial charge in [0.15, 0.2) is 11.5 Å². The van der Waals surface area contributed by atoms with Crippen molar-refractivity contribution in [2.45, 2.75) is 32.4 Å². The smallest absolute Gasteiger partial charge is 0.242 e. The van der Waals surface area contributed by atoms with Gasteiger partial charge in [-0.3, -0.25) is 4.79 Å². The van der Waals surface area contributed by atoms with Gasteiger partial charge in [-0.2, -0.15) is 0 Å². The molecule has 1 atom stereocenters. The van der Waals surface area contributed by atoms with E-state index in [1.165, 1.54) is 11.3 Å². The van der Waals surface area contributed by atoms with Crippen LogP contribution >= 0.6 is 0 Å². The Morgan fingerprint density at radius 2 is 1.92 bits per heavy atom. The van der Waals surface area contributed by atoms with Crippen molar-refractivity contribution in [3.05, 3.63) is 53.6 Å². The number of anilines is 1. The van der Waals surface area contributed by atoms with Gasteiger partial charge in [-0.15, -0.1) is 0 Å². The van der Waals surface area contributed by atoms with Crippen molar-refractivity contribution in [3.63, 3.8) is 0 Å². The van der Waals surface area contributed by atoms with Crippen molar-refractivity contribution >= 4 is 11.6 Å². The molecule has 0 spiro atoms. The zero-order chi connectivity index (χ0) is 18.5. The lowest BCUT2D eigenvalue weighted by Crippen LogP contribution is -2.47. The molecule has 0 saturated carbocycles. The highest BCUT2D eigenvalue weighted by atomic mass is 16.5. The number of methoxy groups -OCH3 is 2. The third kappa shape index (κ3) is 3.77. The Morgan fingerprint density at radius 3 is 2.69 bits per heavy atom. The first-order valence-corrected chi connectivity index (χ1v) is 8.97. The monoisotopic (exact) mass is 354 g/mol. The number of carbonyl (C=O) groups is 1. The summed E-state index contributed by atoms with van der Waals surface area (Å²) in [6, 6.07) is 13.8. The van der Waals surface area contributed by atoms with Crippen LogP contribution in [0.4, 0.5) is 5.69 Å². The molecule has 2 aromatic rings. The standard InChI is InChI=1S/C21H26N2O3/c1-15(23-12-6-8-17-7-4-5-9-18(17)23)21(24)22-14-16-10-11-19(25-2)20(13-16)26-3/h4-5,7,9-11,13,15H,6,8,12,14H2,1-3H3,(H,22,24)/t15-/m0/s1. The first-order valence-electron chi connectivity index (χ1n) is 8.97. The highest BCUT2D eigenvalue weighted by Gasteiger charge is 2.25. The van der Waals surface area contributed by atoms with E-state index in [2.05, 4.69) is 28.4 Å². The fourth-order valence-electron chi connectivity index (χ4n) is 3.43. The van der Waals surface area contributed by atoms with Gasteiger partial charge in [0.25, 0.3) is 0 Å². The van der Waals surface area contributed by atoms with Crippen LogP contribution in [0.15, 0.2) is 42.5 Å². The van der Waals surface area contributed by atoms with Crippen LogP contribution in [-0.2, 0) is 17.8 Å². The van der Waals surface area contributed by atoms with Gasteiger partial charge in [0.2, 0.25) is 5.91 Å². The Balaban J connectivity index is 1.65. The van der Waals surface area contributed by atoms with Crippen LogP contribution < -0.4 is 19.7 Å². The van der Waals surface area contributed by atoms with Crippen molar-refractivity contribution in [1.82, 2.24) is 5.32 Å². The zero-order valence-electron chi connectivity index (χ0n) is 15.6. The van der Waals surface area contributed by atoms with Crippen molar-refractivity contribution in [2.75, 3.05) is 25.7 Å². The lowest BCUT2D eigenvalue weighted by molar-refractivity contribution is -0.122. The van der Waals surface area contributed by atoms with Crippen LogP contribution in [0, 0.1) is 0 Å². The van der Waals surface area contributed by atoms with Crippen molar-refractivity contribution in [1.29, 1.82) is 0 Å². The Hall–Kier alpha value is -2.69. The molecule has 1 N–H and O–H groups in total. The Morgan fingerprint density at radius 1 is 1.15 bits per heavy atom. The Bertz CT molecular complexity index is 776. The maximum atomic E-state index is 12.7. The highest BCUT2D eigenvalue weighted by molar-refractivity contribution is 5.85. The molecule has 0 radical (unpaired) electrons. The summed E-state index contributed by atoms with van der Waals surface area (Å²) in [5.74, 6) is 1.37. The first kappa shape index (κ1) is 18.1. The van der Waals surface area contributed by atoms with E-state index in [1.807, 2.05) is 31.2 Å². The Kier molecular flexibility index (Phi) is 5.66. The number of ether oxygens (including phenoxy) is 2. The summed E-state index contributed by atoms with van der Waals surface area (Å²) in [5.41, 5.74) is 3.47. The quantitative estimate of drug-likeness (QED) is 0.866. The second-order valence-corrected chi connectivity index (χ2v) is 6.51. The molecule has 5 nitrogen and oxygen atoms in total. The molecule has 1 heterocycles. The minimum absolute atomic E-state index is 0.0245. The van der Waals surface area contributed by atoms with Crippen molar-refractivity contribution in [3.8, 4) is 11.5 Å². The Labute approximate surface area is 154 Å². The topological polar surface area (TPSA) is 50.8 Å². The van der Waals surface area contributed by atoms with Gasteiger partial charge in [0.1, 0.15) is 6.04 Å². The van der Waals surface area contributed by atoms with E-state index in [0.717, 1.165) is 24.9 Å². The molecular formula is C21H26N2O3. The second-order valence-electron chi connectivity index (χ2n) is 6.51. The second kappa shape index (κ2) is 8.13. The van der Waals surface area contributed by atoms with E-state index in [-0.39, 0.29) is 11.9 Å². The van der Waals surface area contributed by atoms with Crippen LogP contribution in [0.3, 0.4) is 0 Å². The number of para-hydroxylation sites is 1. The molecule has 2 aromatic carbocycles. The zero-order valence-corrected chi connectivity index (χ0v) is 15.6. The average Bonchev–Trinajstić information content (AvgIpc) is 2.70. The molecule has 3 rings (SSSR count). The summed E-state index contributed by atoms with van der Waals surface area (Å²) < 4.78 is 10.6. The number of aryl methyl sites for hydroxylation is 1. The van der Waals surface area contributed by atoms with E-state index in [1.54, 1.807) is 14.2 Å². The van der Waals surface area contributed by atoms with Crippen LogP contribution in [-0.4, -0.2) is 32.7 Å². The fourth-order valence-corrected chi connectivity index (χ4v) is 3.43. The normalized spacial score (nSPS) is 14.3. The SMILES string of the molecule is COc1ccc(CNC(=O)[C@H](C)N2CCCc3ccccc32)cc1OC. The predicted octanol–water partition coefficient (Wildman–Crippen LogP) is 3.16. The number of benzene rings is 2. The number of hydrogen-bond acceptors (Lipinski definition) is 4. The number of nitrogens with zero attached hydrogens (tertiary/aromatic N) is 1. The molecule has 0 aliphatic carbocycles. The predicted molar refractivity (Wildman–Crippen MR) is 103 cm³/mol. The number of rotatable bonds is 6. The third-order valence-corrected chi connectivity index (χ3v) is 4.91. The highest BCUT2D eigenvalue weighted by Crippen LogP contribution is 2.29. The van der Waals surface area contributed by atoms with E-state index in [9.17, 15) is 4.79 Å². The van der Waals surface area contributed by atoms with Crippen molar-refractivity contribution in [2.24, 2.45) is 0 Å². The molecule has 0 fully saturated rings. The largest absolute Gasteiger partial charge is 0.493 e. The number of amides is 1. The van der Waals surface area contributed by atoms with Gasteiger partial charge in [-0.05, 0) is 49.1 Å². The summed E-state index contributed by atoms with van der Waals surface area (Å²) in [7, 11) is 3.22. The van der Waals surface area contributed by atoms with Crippen molar-refractivity contribution < 1.29 is 14.3 Å². The molecule has 138 valence electrons. The van der Waals surface area contributed by atoms with Gasteiger partial charge in [0, 0.05) is 18.8 Å². The van der Waals surface area contributed by atoms with Gasteiger partial charge < -0.3 is 19.7 Å². The maximum absolute atomic E-state index is 12.7. The van der Waals surface area contributed by atoms with E-state index in [0.29, 0.717) is 18.0 Å².